The molecule has 1 aromatic carbocycles. The molecule has 2 aliphatic rings. The predicted octanol–water partition coefficient (Wildman–Crippen LogP) is 1.51. The molecule has 1 fully saturated rings. The third-order valence-corrected chi connectivity index (χ3v) is 5.71. The lowest BCUT2D eigenvalue weighted by Crippen LogP contribution is -2.44. The molecule has 1 atom stereocenters. The predicted molar refractivity (Wildman–Crippen MR) is 107 cm³/mol. The Balaban J connectivity index is 1.25. The van der Waals surface area contributed by atoms with Crippen LogP contribution in [0.4, 0.5) is 5.69 Å². The molecule has 7 heteroatoms. The number of aromatic nitrogens is 2. The molecule has 148 valence electrons. The van der Waals surface area contributed by atoms with Gasteiger partial charge in [0.1, 0.15) is 5.75 Å². The van der Waals surface area contributed by atoms with E-state index in [1.165, 1.54) is 10.2 Å². The average molecular weight is 382 g/mol. The van der Waals surface area contributed by atoms with Crippen molar-refractivity contribution in [1.29, 1.82) is 0 Å². The highest BCUT2D eigenvalue weighted by molar-refractivity contribution is 5.81. The Labute approximate surface area is 164 Å². The van der Waals surface area contributed by atoms with Crippen LogP contribution in [0.3, 0.4) is 0 Å². The van der Waals surface area contributed by atoms with Crippen molar-refractivity contribution in [3.8, 4) is 5.75 Å². The van der Waals surface area contributed by atoms with E-state index in [0.717, 1.165) is 50.2 Å². The Morgan fingerprint density at radius 3 is 2.82 bits per heavy atom. The molecule has 0 radical (unpaired) electrons. The van der Waals surface area contributed by atoms with Crippen molar-refractivity contribution < 1.29 is 9.53 Å². The maximum absolute atomic E-state index is 12.5. The summed E-state index contributed by atoms with van der Waals surface area (Å²) in [5, 5.41) is 7.17. The van der Waals surface area contributed by atoms with Gasteiger partial charge in [-0.3, -0.25) is 9.59 Å². The van der Waals surface area contributed by atoms with Crippen LogP contribution in [-0.2, 0) is 18.3 Å². The fourth-order valence-corrected chi connectivity index (χ4v) is 3.90. The van der Waals surface area contributed by atoms with Crippen molar-refractivity contribution >= 4 is 11.6 Å². The van der Waals surface area contributed by atoms with E-state index in [9.17, 15) is 9.59 Å². The highest BCUT2D eigenvalue weighted by atomic mass is 16.5. The van der Waals surface area contributed by atoms with Gasteiger partial charge in [-0.25, -0.2) is 4.68 Å². The Hall–Kier alpha value is -2.83. The van der Waals surface area contributed by atoms with Crippen molar-refractivity contribution in [2.45, 2.75) is 31.8 Å². The Morgan fingerprint density at radius 2 is 2.04 bits per heavy atom. The molecule has 3 heterocycles. The zero-order valence-corrected chi connectivity index (χ0v) is 16.1. The first-order chi connectivity index (χ1) is 13.6. The third-order valence-electron chi connectivity index (χ3n) is 5.71. The molecule has 4 rings (SSSR count). The number of nitrogens with one attached hydrogen (secondary N) is 1. The number of hydrogen-bond acceptors (Lipinski definition) is 5. The van der Waals surface area contributed by atoms with Gasteiger partial charge in [0.2, 0.25) is 0 Å². The molecule has 0 saturated carbocycles. The number of benzene rings is 1. The molecule has 2 aliphatic heterocycles. The van der Waals surface area contributed by atoms with Crippen LogP contribution in [0.2, 0.25) is 0 Å². The molecule has 2 aromatic rings. The van der Waals surface area contributed by atoms with Crippen LogP contribution in [0.25, 0.3) is 0 Å². The maximum Gasteiger partial charge on any atom is 0.268 e. The smallest absolute Gasteiger partial charge is 0.268 e. The molecule has 0 spiro atoms. The molecule has 0 aliphatic carbocycles. The lowest BCUT2D eigenvalue weighted by molar-refractivity contribution is -0.128. The monoisotopic (exact) mass is 382 g/mol. The van der Waals surface area contributed by atoms with Gasteiger partial charge in [-0.05, 0) is 43.2 Å². The standard InChI is InChI=1S/C21H26N4O3/c1-24-20(26)12-17(14-23-24)25-10-8-15(9-11-25)13-22-21(27)19-7-6-16-4-2-3-5-18(16)28-19/h2-5,12,14-15,19H,6-11,13H2,1H3,(H,22,27)/t19-/m0/s1. The van der Waals surface area contributed by atoms with E-state index < -0.39 is 6.10 Å². The van der Waals surface area contributed by atoms with Crippen molar-refractivity contribution in [1.82, 2.24) is 15.1 Å². The fourth-order valence-electron chi connectivity index (χ4n) is 3.90. The number of ether oxygens (including phenoxy) is 1. The lowest BCUT2D eigenvalue weighted by atomic mass is 9.96. The Bertz CT molecular complexity index is 903. The number of amides is 1. The summed E-state index contributed by atoms with van der Waals surface area (Å²) >= 11 is 0. The lowest BCUT2D eigenvalue weighted by Gasteiger charge is -2.33. The number of aryl methyl sites for hydroxylation is 2. The first kappa shape index (κ1) is 18.5. The zero-order chi connectivity index (χ0) is 19.5. The van der Waals surface area contributed by atoms with Gasteiger partial charge in [0.05, 0.1) is 11.9 Å². The summed E-state index contributed by atoms with van der Waals surface area (Å²) in [6, 6.07) is 9.54. The molecule has 0 unspecified atom stereocenters. The van der Waals surface area contributed by atoms with Crippen molar-refractivity contribution in [2.24, 2.45) is 13.0 Å². The summed E-state index contributed by atoms with van der Waals surface area (Å²) in [6.45, 7) is 2.40. The van der Waals surface area contributed by atoms with Crippen LogP contribution in [0.5, 0.6) is 5.75 Å². The maximum atomic E-state index is 12.5. The number of rotatable bonds is 4. The molecular formula is C21H26N4O3. The van der Waals surface area contributed by atoms with Gasteiger partial charge in [-0.2, -0.15) is 5.10 Å². The van der Waals surface area contributed by atoms with Crippen LogP contribution in [0.15, 0.2) is 41.3 Å². The second-order valence-electron chi connectivity index (χ2n) is 7.60. The van der Waals surface area contributed by atoms with E-state index in [2.05, 4.69) is 21.4 Å². The molecule has 28 heavy (non-hydrogen) atoms. The van der Waals surface area contributed by atoms with Gasteiger partial charge >= 0.3 is 0 Å². The van der Waals surface area contributed by atoms with Gasteiger partial charge in [0.25, 0.3) is 11.5 Å². The summed E-state index contributed by atoms with van der Waals surface area (Å²) in [5.41, 5.74) is 1.95. The first-order valence-corrected chi connectivity index (χ1v) is 9.91. The number of carbonyl (C=O) groups is 1. The van der Waals surface area contributed by atoms with Gasteiger partial charge in [-0.15, -0.1) is 0 Å². The van der Waals surface area contributed by atoms with E-state index in [0.29, 0.717) is 12.5 Å². The fraction of sp³-hybridized carbons (Fsp3) is 0.476. The second kappa shape index (κ2) is 8.04. The van der Waals surface area contributed by atoms with Gasteiger partial charge in [0, 0.05) is 32.7 Å². The number of hydrogen-bond donors (Lipinski definition) is 1. The summed E-state index contributed by atoms with van der Waals surface area (Å²) < 4.78 is 7.20. The Morgan fingerprint density at radius 1 is 1.25 bits per heavy atom. The molecular weight excluding hydrogens is 356 g/mol. The van der Waals surface area contributed by atoms with Crippen LogP contribution in [0.1, 0.15) is 24.8 Å². The van der Waals surface area contributed by atoms with E-state index in [-0.39, 0.29) is 11.5 Å². The van der Waals surface area contributed by atoms with Crippen molar-refractivity contribution in [3.05, 3.63) is 52.4 Å². The molecule has 7 nitrogen and oxygen atoms in total. The molecule has 1 saturated heterocycles. The van der Waals surface area contributed by atoms with E-state index in [1.54, 1.807) is 19.3 Å². The van der Waals surface area contributed by atoms with Gasteiger partial charge < -0.3 is 15.0 Å². The minimum absolute atomic E-state index is 0.0207. The second-order valence-corrected chi connectivity index (χ2v) is 7.60. The van der Waals surface area contributed by atoms with Crippen LogP contribution < -0.4 is 20.5 Å². The zero-order valence-electron chi connectivity index (χ0n) is 16.1. The summed E-state index contributed by atoms with van der Waals surface area (Å²) in [4.78, 5) is 26.5. The number of carbonyl (C=O) groups excluding carboxylic acids is 1. The SMILES string of the molecule is Cn1ncc(N2CCC(CNC(=O)[C@@H]3CCc4ccccc4O3)CC2)cc1=O. The van der Waals surface area contributed by atoms with E-state index in [4.69, 9.17) is 4.74 Å². The van der Waals surface area contributed by atoms with Crippen molar-refractivity contribution in [2.75, 3.05) is 24.5 Å². The quantitative estimate of drug-likeness (QED) is 0.867. The van der Waals surface area contributed by atoms with Crippen LogP contribution in [-0.4, -0.2) is 41.4 Å². The first-order valence-electron chi connectivity index (χ1n) is 9.91. The number of fused-ring (bicyclic) bond motifs is 1. The summed E-state index contributed by atoms with van der Waals surface area (Å²) in [5.74, 6) is 1.24. The molecule has 1 aromatic heterocycles. The van der Waals surface area contributed by atoms with Crippen molar-refractivity contribution in [3.63, 3.8) is 0 Å². The third kappa shape index (κ3) is 4.03. The average Bonchev–Trinajstić information content (AvgIpc) is 2.74. The minimum atomic E-state index is -0.401. The van der Waals surface area contributed by atoms with Gasteiger partial charge in [-0.1, -0.05) is 18.2 Å². The summed E-state index contributed by atoms with van der Waals surface area (Å²) in [6.07, 6.45) is 4.88. The highest BCUT2D eigenvalue weighted by Gasteiger charge is 2.27. The number of anilines is 1. The highest BCUT2D eigenvalue weighted by Crippen LogP contribution is 2.27. The van der Waals surface area contributed by atoms with E-state index >= 15 is 0 Å². The number of nitrogens with zero attached hydrogens (tertiary/aromatic N) is 3. The number of piperidine rings is 1. The van der Waals surface area contributed by atoms with Gasteiger partial charge in [0.15, 0.2) is 6.10 Å². The normalized spacial score (nSPS) is 19.6. The number of para-hydroxylation sites is 1. The molecule has 0 bridgehead atoms. The van der Waals surface area contributed by atoms with E-state index in [1.807, 2.05) is 18.2 Å². The van der Waals surface area contributed by atoms with Crippen LogP contribution in [0, 0.1) is 5.92 Å². The summed E-state index contributed by atoms with van der Waals surface area (Å²) in [7, 11) is 1.65. The van der Waals surface area contributed by atoms with Crippen LogP contribution >= 0.6 is 0 Å². The molecule has 1 N–H and O–H groups in total. The largest absolute Gasteiger partial charge is 0.480 e. The molecule has 1 amide bonds. The Kier molecular flexibility index (Phi) is 5.32. The topological polar surface area (TPSA) is 76.5 Å². The minimum Gasteiger partial charge on any atom is -0.480 e.